The van der Waals surface area contributed by atoms with Crippen LogP contribution in [0.3, 0.4) is 0 Å². The molecule has 6 heteroatoms. The second kappa shape index (κ2) is 5.78. The highest BCUT2D eigenvalue weighted by Gasteiger charge is 2.10. The SMILES string of the molecule is Cc1ccc(N=c2oc3cc(O)ccc3cc2C(N)=O)cc1Cl. The normalized spacial score (nSPS) is 11.8. The van der Waals surface area contributed by atoms with Gasteiger partial charge in [-0.15, -0.1) is 0 Å². The number of carbonyl (C=O) groups is 1. The van der Waals surface area contributed by atoms with E-state index in [1.165, 1.54) is 12.1 Å². The van der Waals surface area contributed by atoms with Gasteiger partial charge in [0.05, 0.1) is 5.69 Å². The van der Waals surface area contributed by atoms with Crippen LogP contribution in [0.5, 0.6) is 5.75 Å². The van der Waals surface area contributed by atoms with Gasteiger partial charge in [0.25, 0.3) is 5.91 Å². The van der Waals surface area contributed by atoms with E-state index >= 15 is 0 Å². The number of halogens is 1. The Bertz CT molecular complexity index is 993. The number of benzene rings is 2. The molecule has 3 N–H and O–H groups in total. The van der Waals surface area contributed by atoms with Gasteiger partial charge in [0, 0.05) is 16.5 Å². The van der Waals surface area contributed by atoms with E-state index in [0.717, 1.165) is 5.56 Å². The molecule has 1 aromatic heterocycles. The topological polar surface area (TPSA) is 88.8 Å². The maximum absolute atomic E-state index is 11.7. The highest BCUT2D eigenvalue weighted by molar-refractivity contribution is 6.31. The second-order valence-corrected chi connectivity index (χ2v) is 5.50. The average molecular weight is 329 g/mol. The number of hydrogen-bond donors (Lipinski definition) is 2. The van der Waals surface area contributed by atoms with Gasteiger partial charge < -0.3 is 15.3 Å². The zero-order chi connectivity index (χ0) is 16.6. The zero-order valence-electron chi connectivity index (χ0n) is 12.2. The molecule has 0 bridgehead atoms. The Hall–Kier alpha value is -2.79. The first-order chi connectivity index (χ1) is 10.9. The number of phenols is 1. The van der Waals surface area contributed by atoms with Crippen molar-refractivity contribution in [1.29, 1.82) is 0 Å². The lowest BCUT2D eigenvalue weighted by Crippen LogP contribution is -2.21. The van der Waals surface area contributed by atoms with E-state index in [4.69, 9.17) is 21.8 Å². The number of primary amides is 1. The summed E-state index contributed by atoms with van der Waals surface area (Å²) in [6, 6.07) is 11.4. The summed E-state index contributed by atoms with van der Waals surface area (Å²) in [6.45, 7) is 1.88. The smallest absolute Gasteiger partial charge is 0.254 e. The van der Waals surface area contributed by atoms with Crippen LogP contribution in [0.25, 0.3) is 11.0 Å². The Morgan fingerprint density at radius 3 is 2.70 bits per heavy atom. The molecule has 3 rings (SSSR count). The molecule has 23 heavy (non-hydrogen) atoms. The minimum absolute atomic E-state index is 0.0532. The van der Waals surface area contributed by atoms with Crippen LogP contribution in [-0.4, -0.2) is 11.0 Å². The summed E-state index contributed by atoms with van der Waals surface area (Å²) in [5, 5.41) is 10.8. The van der Waals surface area contributed by atoms with Gasteiger partial charge >= 0.3 is 0 Å². The Morgan fingerprint density at radius 2 is 2.00 bits per heavy atom. The molecule has 1 amide bonds. The van der Waals surface area contributed by atoms with Crippen LogP contribution < -0.4 is 11.3 Å². The van der Waals surface area contributed by atoms with Crippen molar-refractivity contribution in [2.45, 2.75) is 6.92 Å². The average Bonchev–Trinajstić information content (AvgIpc) is 2.50. The Labute approximate surface area is 136 Å². The van der Waals surface area contributed by atoms with Crippen LogP contribution in [0.2, 0.25) is 5.02 Å². The first-order valence-corrected chi connectivity index (χ1v) is 7.19. The van der Waals surface area contributed by atoms with E-state index in [1.54, 1.807) is 24.3 Å². The molecule has 0 atom stereocenters. The minimum atomic E-state index is -0.652. The van der Waals surface area contributed by atoms with Crippen LogP contribution >= 0.6 is 11.6 Å². The van der Waals surface area contributed by atoms with E-state index in [2.05, 4.69) is 4.99 Å². The van der Waals surface area contributed by atoms with Gasteiger partial charge in [0.15, 0.2) is 0 Å². The largest absolute Gasteiger partial charge is 0.508 e. The van der Waals surface area contributed by atoms with Gasteiger partial charge in [-0.25, -0.2) is 4.99 Å². The van der Waals surface area contributed by atoms with Gasteiger partial charge in [0.2, 0.25) is 5.55 Å². The summed E-state index contributed by atoms with van der Waals surface area (Å²) >= 11 is 6.08. The van der Waals surface area contributed by atoms with Gasteiger partial charge in [0.1, 0.15) is 16.9 Å². The monoisotopic (exact) mass is 328 g/mol. The number of carbonyl (C=O) groups excluding carboxylic acids is 1. The maximum atomic E-state index is 11.7. The molecule has 0 aliphatic heterocycles. The molecule has 0 spiro atoms. The summed E-state index contributed by atoms with van der Waals surface area (Å²) in [4.78, 5) is 16.0. The van der Waals surface area contributed by atoms with E-state index in [-0.39, 0.29) is 16.9 Å². The van der Waals surface area contributed by atoms with Crippen molar-refractivity contribution in [3.8, 4) is 5.75 Å². The summed E-state index contributed by atoms with van der Waals surface area (Å²) in [5.74, 6) is -0.599. The molecule has 116 valence electrons. The number of fused-ring (bicyclic) bond motifs is 1. The summed E-state index contributed by atoms with van der Waals surface area (Å²) < 4.78 is 5.64. The number of hydrogen-bond acceptors (Lipinski definition) is 4. The summed E-state index contributed by atoms with van der Waals surface area (Å²) in [5.41, 5.74) is 7.47. The van der Waals surface area contributed by atoms with Crippen LogP contribution in [0, 0.1) is 6.92 Å². The molecule has 0 saturated heterocycles. The highest BCUT2D eigenvalue weighted by atomic mass is 35.5. The number of amides is 1. The summed E-state index contributed by atoms with van der Waals surface area (Å²) in [7, 11) is 0. The quantitative estimate of drug-likeness (QED) is 0.755. The molecular formula is C17H13ClN2O3. The predicted octanol–water partition coefficient (Wildman–Crippen LogP) is 3.43. The zero-order valence-corrected chi connectivity index (χ0v) is 13.0. The first kappa shape index (κ1) is 15.1. The van der Waals surface area contributed by atoms with Crippen molar-refractivity contribution in [3.63, 3.8) is 0 Å². The van der Waals surface area contributed by atoms with Crippen LogP contribution in [0.1, 0.15) is 15.9 Å². The fourth-order valence-corrected chi connectivity index (χ4v) is 2.31. The fourth-order valence-electron chi connectivity index (χ4n) is 2.14. The Morgan fingerprint density at radius 1 is 1.22 bits per heavy atom. The molecule has 5 nitrogen and oxygen atoms in total. The third-order valence-electron chi connectivity index (χ3n) is 3.39. The van der Waals surface area contributed by atoms with Crippen molar-refractivity contribution in [2.75, 3.05) is 0 Å². The lowest BCUT2D eigenvalue weighted by Gasteiger charge is -2.03. The number of aryl methyl sites for hydroxylation is 1. The van der Waals surface area contributed by atoms with Crippen LogP contribution in [0.15, 0.2) is 51.9 Å². The molecule has 0 fully saturated rings. The lowest BCUT2D eigenvalue weighted by atomic mass is 10.1. The standard InChI is InChI=1S/C17H13ClN2O3/c1-9-2-4-11(7-14(9)18)20-17-13(16(19)22)6-10-3-5-12(21)8-15(10)23-17/h2-8,21H,1H3,(H2,19,22). The minimum Gasteiger partial charge on any atom is -0.508 e. The van der Waals surface area contributed by atoms with Gasteiger partial charge in [-0.3, -0.25) is 4.79 Å². The first-order valence-electron chi connectivity index (χ1n) is 6.81. The van der Waals surface area contributed by atoms with E-state index in [0.29, 0.717) is 21.7 Å². The Balaban J connectivity index is 2.28. The summed E-state index contributed by atoms with van der Waals surface area (Å²) in [6.07, 6.45) is 0. The van der Waals surface area contributed by atoms with Crippen molar-refractivity contribution >= 4 is 34.2 Å². The third-order valence-corrected chi connectivity index (χ3v) is 3.79. The number of aromatic hydroxyl groups is 1. The van der Waals surface area contributed by atoms with Crippen LogP contribution in [0.4, 0.5) is 5.69 Å². The molecule has 0 aliphatic rings. The maximum Gasteiger partial charge on any atom is 0.254 e. The number of phenolic OH excluding ortho intramolecular Hbond substituents is 1. The van der Waals surface area contributed by atoms with E-state index in [1.807, 2.05) is 13.0 Å². The molecule has 0 unspecified atom stereocenters. The van der Waals surface area contributed by atoms with Gasteiger partial charge in [-0.2, -0.15) is 0 Å². The van der Waals surface area contributed by atoms with Gasteiger partial charge in [-0.1, -0.05) is 17.7 Å². The molecule has 2 aromatic carbocycles. The Kier molecular flexibility index (Phi) is 3.80. The second-order valence-electron chi connectivity index (χ2n) is 5.10. The molecule has 3 aromatic rings. The molecular weight excluding hydrogens is 316 g/mol. The van der Waals surface area contributed by atoms with Crippen molar-refractivity contribution < 1.29 is 14.3 Å². The third kappa shape index (κ3) is 3.05. The van der Waals surface area contributed by atoms with Crippen molar-refractivity contribution in [3.05, 3.63) is 64.2 Å². The van der Waals surface area contributed by atoms with E-state index in [9.17, 15) is 9.90 Å². The van der Waals surface area contributed by atoms with Gasteiger partial charge in [-0.05, 0) is 42.8 Å². The van der Waals surface area contributed by atoms with Crippen molar-refractivity contribution in [2.24, 2.45) is 10.7 Å². The van der Waals surface area contributed by atoms with Crippen molar-refractivity contribution in [1.82, 2.24) is 0 Å². The van der Waals surface area contributed by atoms with E-state index < -0.39 is 5.91 Å². The number of rotatable bonds is 2. The molecule has 0 radical (unpaired) electrons. The molecule has 1 heterocycles. The number of nitrogens with zero attached hydrogens (tertiary/aromatic N) is 1. The predicted molar refractivity (Wildman–Crippen MR) is 87.8 cm³/mol. The number of nitrogens with two attached hydrogens (primary N) is 1. The molecule has 0 aliphatic carbocycles. The fraction of sp³-hybridized carbons (Fsp3) is 0.0588. The lowest BCUT2D eigenvalue weighted by molar-refractivity contribution is 0.0996. The van der Waals surface area contributed by atoms with Crippen LogP contribution in [-0.2, 0) is 0 Å². The molecule has 0 saturated carbocycles. The highest BCUT2D eigenvalue weighted by Crippen LogP contribution is 2.23.